The number of methoxy groups -OCH3 is 1. The molecule has 2 saturated heterocycles. The highest BCUT2D eigenvalue weighted by molar-refractivity contribution is 5.77. The summed E-state index contributed by atoms with van der Waals surface area (Å²) in [5.74, 6) is -0.0317. The van der Waals surface area contributed by atoms with Crippen LogP contribution in [0.4, 0.5) is 0 Å². The number of hydrogen-bond donors (Lipinski definition) is 2. The first kappa shape index (κ1) is 26.1. The number of carbonyl (C=O) groups excluding carboxylic acids is 1. The van der Waals surface area contributed by atoms with E-state index in [1.165, 1.54) is 11.1 Å². The van der Waals surface area contributed by atoms with Crippen molar-refractivity contribution in [3.05, 3.63) is 34.9 Å². The zero-order valence-corrected chi connectivity index (χ0v) is 21.8. The number of epoxide rings is 2. The number of nitrogens with one attached hydrogen (secondary N) is 2. The molecule has 1 aliphatic carbocycles. The van der Waals surface area contributed by atoms with Gasteiger partial charge in [0.15, 0.2) is 0 Å². The highest BCUT2D eigenvalue weighted by Crippen LogP contribution is 2.66. The summed E-state index contributed by atoms with van der Waals surface area (Å²) < 4.78 is 18.6. The second kappa shape index (κ2) is 10.0. The lowest BCUT2D eigenvalue weighted by molar-refractivity contribution is -0.138. The summed E-state index contributed by atoms with van der Waals surface area (Å²) in [6, 6.07) is -0.0149. The standard InChI is InChI=1S/C27H44N2O4/c1-18(2)10-9-11-20(5)16-23(30)29-28-21-14-15-27(17-32-27)25(6,24(21)31-8)26(7)22(33-26)13-12-19(3)4/h10-12,21-22,24,28H,9,13-17H2,1-8H3,(H,29,30)/b20-11+/t21?,22?,24-,25-,26?,27+/m1/s1. The third kappa shape index (κ3) is 5.29. The van der Waals surface area contributed by atoms with Crippen LogP contribution in [-0.2, 0) is 19.0 Å². The molecule has 2 aliphatic heterocycles. The summed E-state index contributed by atoms with van der Waals surface area (Å²) in [4.78, 5) is 12.6. The topological polar surface area (TPSA) is 75.4 Å². The van der Waals surface area contributed by atoms with Crippen LogP contribution in [0.25, 0.3) is 0 Å². The summed E-state index contributed by atoms with van der Waals surface area (Å²) in [5, 5.41) is 0. The molecule has 0 aromatic heterocycles. The molecule has 33 heavy (non-hydrogen) atoms. The number of ether oxygens (including phenoxy) is 3. The second-order valence-electron chi connectivity index (χ2n) is 11.0. The van der Waals surface area contributed by atoms with Gasteiger partial charge >= 0.3 is 0 Å². The van der Waals surface area contributed by atoms with E-state index in [4.69, 9.17) is 14.2 Å². The summed E-state index contributed by atoms with van der Waals surface area (Å²) in [5.41, 5.74) is 9.02. The molecule has 0 radical (unpaired) electrons. The molecule has 3 aliphatic rings. The molecule has 0 bridgehead atoms. The van der Waals surface area contributed by atoms with Gasteiger partial charge in [0.05, 0.1) is 30.3 Å². The largest absolute Gasteiger partial charge is 0.379 e. The Balaban J connectivity index is 1.66. The maximum Gasteiger partial charge on any atom is 0.238 e. The molecule has 6 nitrogen and oxygen atoms in total. The monoisotopic (exact) mass is 460 g/mol. The number of hydrazine groups is 1. The Morgan fingerprint density at radius 3 is 2.33 bits per heavy atom. The van der Waals surface area contributed by atoms with Crippen molar-refractivity contribution in [1.82, 2.24) is 10.9 Å². The zero-order chi connectivity index (χ0) is 24.4. The maximum absolute atomic E-state index is 12.6. The lowest BCUT2D eigenvalue weighted by Crippen LogP contribution is -2.67. The zero-order valence-electron chi connectivity index (χ0n) is 21.8. The minimum atomic E-state index is -0.329. The van der Waals surface area contributed by atoms with E-state index in [1.807, 2.05) is 6.92 Å². The van der Waals surface area contributed by atoms with Crippen LogP contribution in [0.15, 0.2) is 34.9 Å². The summed E-state index contributed by atoms with van der Waals surface area (Å²) >= 11 is 0. The van der Waals surface area contributed by atoms with Crippen LogP contribution in [0.1, 0.15) is 80.6 Å². The lowest BCUT2D eigenvalue weighted by Gasteiger charge is -2.51. The average molecular weight is 461 g/mol. The highest BCUT2D eigenvalue weighted by Gasteiger charge is 2.78. The van der Waals surface area contributed by atoms with Gasteiger partial charge in [-0.15, -0.1) is 0 Å². The number of carbonyl (C=O) groups is 1. The van der Waals surface area contributed by atoms with Crippen molar-refractivity contribution < 1.29 is 19.0 Å². The van der Waals surface area contributed by atoms with Gasteiger partial charge in [0, 0.05) is 13.5 Å². The van der Waals surface area contributed by atoms with E-state index in [0.717, 1.165) is 37.9 Å². The van der Waals surface area contributed by atoms with E-state index in [1.54, 1.807) is 7.11 Å². The Labute approximate surface area is 200 Å². The molecule has 1 saturated carbocycles. The van der Waals surface area contributed by atoms with Gasteiger partial charge in [0.25, 0.3) is 0 Å². The van der Waals surface area contributed by atoms with E-state index in [-0.39, 0.29) is 40.8 Å². The SMILES string of the molecule is CO[C@@H]1C(NNC(=O)C/C(C)=C/CC=C(C)C)CC[C@]2(CO2)[C@@]1(C)C1(C)OC1CC=C(C)C. The first-order chi connectivity index (χ1) is 15.5. The molecule has 6 heteroatoms. The molecule has 6 atom stereocenters. The van der Waals surface area contributed by atoms with Crippen LogP contribution < -0.4 is 10.9 Å². The molecular weight excluding hydrogens is 416 g/mol. The minimum Gasteiger partial charge on any atom is -0.379 e. The molecule has 186 valence electrons. The van der Waals surface area contributed by atoms with Gasteiger partial charge in [-0.05, 0) is 67.2 Å². The van der Waals surface area contributed by atoms with Crippen LogP contribution >= 0.6 is 0 Å². The van der Waals surface area contributed by atoms with Gasteiger partial charge in [-0.3, -0.25) is 10.2 Å². The fraction of sp³-hybridized carbons (Fsp3) is 0.741. The summed E-state index contributed by atoms with van der Waals surface area (Å²) in [7, 11) is 1.76. The van der Waals surface area contributed by atoms with E-state index < -0.39 is 0 Å². The Kier molecular flexibility index (Phi) is 7.94. The fourth-order valence-electron chi connectivity index (χ4n) is 5.65. The molecule has 1 spiro atoms. The Hall–Kier alpha value is -1.47. The van der Waals surface area contributed by atoms with E-state index in [0.29, 0.717) is 6.42 Å². The molecule has 1 amide bonds. The normalized spacial score (nSPS) is 37.5. The van der Waals surface area contributed by atoms with Gasteiger partial charge in [-0.1, -0.05) is 41.9 Å². The van der Waals surface area contributed by atoms with Gasteiger partial charge in [-0.2, -0.15) is 0 Å². The Morgan fingerprint density at radius 1 is 1.09 bits per heavy atom. The van der Waals surface area contributed by atoms with Crippen LogP contribution in [-0.4, -0.2) is 49.1 Å². The van der Waals surface area contributed by atoms with E-state index in [9.17, 15) is 4.79 Å². The van der Waals surface area contributed by atoms with Gasteiger partial charge in [0.2, 0.25) is 5.91 Å². The van der Waals surface area contributed by atoms with Crippen molar-refractivity contribution in [2.75, 3.05) is 13.7 Å². The average Bonchev–Trinajstić information content (AvgIpc) is 3.64. The Bertz CT molecular complexity index is 820. The molecule has 3 fully saturated rings. The molecule has 2 heterocycles. The Morgan fingerprint density at radius 2 is 1.76 bits per heavy atom. The summed E-state index contributed by atoms with van der Waals surface area (Å²) in [6.07, 6.45) is 10.4. The number of hydrogen-bond acceptors (Lipinski definition) is 5. The molecule has 0 aromatic rings. The minimum absolute atomic E-state index is 0.0149. The smallest absolute Gasteiger partial charge is 0.238 e. The van der Waals surface area contributed by atoms with Crippen molar-refractivity contribution in [2.24, 2.45) is 5.41 Å². The third-order valence-electron chi connectivity index (χ3n) is 8.03. The number of allylic oxidation sites excluding steroid dienone is 4. The van der Waals surface area contributed by atoms with Crippen molar-refractivity contribution in [1.29, 1.82) is 0 Å². The number of amides is 1. The second-order valence-corrected chi connectivity index (χ2v) is 11.0. The lowest BCUT2D eigenvalue weighted by atomic mass is 9.56. The first-order valence-electron chi connectivity index (χ1n) is 12.3. The van der Waals surface area contributed by atoms with Crippen LogP contribution in [0.3, 0.4) is 0 Å². The molecule has 2 N–H and O–H groups in total. The first-order valence-corrected chi connectivity index (χ1v) is 12.3. The predicted molar refractivity (Wildman–Crippen MR) is 132 cm³/mol. The van der Waals surface area contributed by atoms with E-state index >= 15 is 0 Å². The van der Waals surface area contributed by atoms with Crippen molar-refractivity contribution in [3.8, 4) is 0 Å². The van der Waals surface area contributed by atoms with Crippen LogP contribution in [0.5, 0.6) is 0 Å². The fourth-order valence-corrected chi connectivity index (χ4v) is 5.65. The highest BCUT2D eigenvalue weighted by atomic mass is 16.6. The molecule has 3 rings (SSSR count). The molecule has 0 aromatic carbocycles. The van der Waals surface area contributed by atoms with Crippen molar-refractivity contribution in [3.63, 3.8) is 0 Å². The number of rotatable bonds is 10. The van der Waals surface area contributed by atoms with Gasteiger partial charge in [0.1, 0.15) is 11.2 Å². The van der Waals surface area contributed by atoms with Crippen molar-refractivity contribution >= 4 is 5.91 Å². The van der Waals surface area contributed by atoms with Gasteiger partial charge in [-0.25, -0.2) is 5.43 Å². The maximum atomic E-state index is 12.6. The summed E-state index contributed by atoms with van der Waals surface area (Å²) in [6.45, 7) is 15.6. The van der Waals surface area contributed by atoms with Crippen LogP contribution in [0.2, 0.25) is 0 Å². The van der Waals surface area contributed by atoms with Crippen LogP contribution in [0, 0.1) is 5.41 Å². The van der Waals surface area contributed by atoms with E-state index in [2.05, 4.69) is 70.6 Å². The molecular formula is C27H44N2O4. The van der Waals surface area contributed by atoms with Gasteiger partial charge < -0.3 is 14.2 Å². The quantitative estimate of drug-likeness (QED) is 0.279. The predicted octanol–water partition coefficient (Wildman–Crippen LogP) is 4.77. The third-order valence-corrected chi connectivity index (χ3v) is 8.03. The molecule has 3 unspecified atom stereocenters. The van der Waals surface area contributed by atoms with Crippen molar-refractivity contribution in [2.45, 2.75) is 110 Å².